The Kier molecular flexibility index (Phi) is 3.34. The molecule has 16 heavy (non-hydrogen) atoms. The Hall–Kier alpha value is -1.22. The van der Waals surface area contributed by atoms with Gasteiger partial charge in [-0.25, -0.2) is 0 Å². The molecule has 1 aliphatic carbocycles. The van der Waals surface area contributed by atoms with Crippen LogP contribution in [-0.4, -0.2) is 19.5 Å². The number of benzene rings is 1. The van der Waals surface area contributed by atoms with Crippen LogP contribution in [0.15, 0.2) is 18.2 Å². The summed E-state index contributed by atoms with van der Waals surface area (Å²) in [5.74, 6) is 0.686. The van der Waals surface area contributed by atoms with E-state index in [2.05, 4.69) is 10.6 Å². The molecular formula is C12H15ClN2O. The van der Waals surface area contributed by atoms with Gasteiger partial charge in [-0.3, -0.25) is 4.79 Å². The van der Waals surface area contributed by atoms with Crippen LogP contribution < -0.4 is 10.6 Å². The molecule has 1 amide bonds. The molecule has 86 valence electrons. The molecule has 0 bridgehead atoms. The summed E-state index contributed by atoms with van der Waals surface area (Å²) in [5, 5.41) is 6.54. The van der Waals surface area contributed by atoms with E-state index in [1.165, 1.54) is 12.8 Å². The van der Waals surface area contributed by atoms with Crippen molar-refractivity contribution in [3.8, 4) is 0 Å². The molecule has 1 aromatic carbocycles. The van der Waals surface area contributed by atoms with Gasteiger partial charge in [0.2, 0.25) is 0 Å². The van der Waals surface area contributed by atoms with Gasteiger partial charge in [0.25, 0.3) is 5.91 Å². The third kappa shape index (κ3) is 2.67. The number of hydrogen-bond acceptors (Lipinski definition) is 2. The summed E-state index contributed by atoms with van der Waals surface area (Å²) in [6.45, 7) is 0.941. The number of anilines is 1. The number of halogens is 1. The summed E-state index contributed by atoms with van der Waals surface area (Å²) >= 11 is 6.05. The molecule has 1 saturated carbocycles. The minimum Gasteiger partial charge on any atom is -0.384 e. The van der Waals surface area contributed by atoms with Crippen LogP contribution in [0.2, 0.25) is 5.02 Å². The van der Waals surface area contributed by atoms with Crippen LogP contribution in [0.1, 0.15) is 23.2 Å². The van der Waals surface area contributed by atoms with Crippen molar-refractivity contribution in [3.63, 3.8) is 0 Å². The molecule has 2 N–H and O–H groups in total. The van der Waals surface area contributed by atoms with Gasteiger partial charge >= 0.3 is 0 Å². The van der Waals surface area contributed by atoms with Crippen LogP contribution in [0, 0.1) is 5.92 Å². The van der Waals surface area contributed by atoms with E-state index in [0.29, 0.717) is 10.6 Å². The fourth-order valence-electron chi connectivity index (χ4n) is 1.52. The molecule has 0 spiro atoms. The second-order valence-electron chi connectivity index (χ2n) is 4.10. The maximum Gasteiger partial charge on any atom is 0.251 e. The van der Waals surface area contributed by atoms with Crippen molar-refractivity contribution >= 4 is 23.2 Å². The lowest BCUT2D eigenvalue weighted by atomic mass is 10.2. The highest BCUT2D eigenvalue weighted by Gasteiger charge is 2.21. The topological polar surface area (TPSA) is 41.1 Å². The predicted molar refractivity (Wildman–Crippen MR) is 66.1 cm³/mol. The Bertz CT molecular complexity index is 402. The predicted octanol–water partition coefficient (Wildman–Crippen LogP) is 2.52. The molecule has 0 aliphatic heterocycles. The van der Waals surface area contributed by atoms with Gasteiger partial charge in [0.1, 0.15) is 0 Å². The first-order valence-electron chi connectivity index (χ1n) is 5.46. The fraction of sp³-hybridized carbons (Fsp3) is 0.417. The zero-order valence-electron chi connectivity index (χ0n) is 9.22. The molecule has 2 rings (SSSR count). The molecule has 3 nitrogen and oxygen atoms in total. The largest absolute Gasteiger partial charge is 0.384 e. The van der Waals surface area contributed by atoms with Crippen molar-refractivity contribution in [2.75, 3.05) is 18.9 Å². The van der Waals surface area contributed by atoms with Gasteiger partial charge < -0.3 is 10.6 Å². The molecule has 1 aromatic rings. The molecule has 0 radical (unpaired) electrons. The minimum atomic E-state index is -0.0915. The highest BCUT2D eigenvalue weighted by atomic mass is 35.5. The summed E-state index contributed by atoms with van der Waals surface area (Å²) in [7, 11) is 1.62. The molecule has 0 aromatic heterocycles. The van der Waals surface area contributed by atoms with Crippen LogP contribution in [0.25, 0.3) is 0 Å². The van der Waals surface area contributed by atoms with E-state index >= 15 is 0 Å². The number of carbonyl (C=O) groups excluding carboxylic acids is 1. The number of rotatable bonds is 4. The normalized spacial score (nSPS) is 14.6. The summed E-state index contributed by atoms with van der Waals surface area (Å²) in [6.07, 6.45) is 2.58. The average molecular weight is 239 g/mol. The molecule has 0 atom stereocenters. The van der Waals surface area contributed by atoms with E-state index in [-0.39, 0.29) is 5.91 Å². The molecule has 4 heteroatoms. The average Bonchev–Trinajstić information content (AvgIpc) is 3.11. The molecule has 0 heterocycles. The zero-order chi connectivity index (χ0) is 11.5. The van der Waals surface area contributed by atoms with Gasteiger partial charge in [0.15, 0.2) is 0 Å². The van der Waals surface area contributed by atoms with Crippen LogP contribution in [0.3, 0.4) is 0 Å². The lowest BCUT2D eigenvalue weighted by molar-refractivity contribution is 0.0963. The van der Waals surface area contributed by atoms with Crippen molar-refractivity contribution in [3.05, 3.63) is 28.8 Å². The van der Waals surface area contributed by atoms with Gasteiger partial charge in [-0.15, -0.1) is 0 Å². The van der Waals surface area contributed by atoms with Crippen LogP contribution in [-0.2, 0) is 0 Å². The van der Waals surface area contributed by atoms with Crippen molar-refractivity contribution in [1.82, 2.24) is 5.32 Å². The maximum absolute atomic E-state index is 11.4. The first-order chi connectivity index (χ1) is 7.70. The third-order valence-electron chi connectivity index (χ3n) is 2.73. The Morgan fingerprint density at radius 1 is 1.50 bits per heavy atom. The SMILES string of the molecule is CNC(=O)c1ccc(Cl)c(NCC2CC2)c1. The Balaban J connectivity index is 2.11. The van der Waals surface area contributed by atoms with Crippen molar-refractivity contribution in [2.45, 2.75) is 12.8 Å². The fourth-order valence-corrected chi connectivity index (χ4v) is 1.71. The van der Waals surface area contributed by atoms with E-state index in [0.717, 1.165) is 18.2 Å². The van der Waals surface area contributed by atoms with Gasteiger partial charge in [-0.05, 0) is 37.0 Å². The van der Waals surface area contributed by atoms with Crippen molar-refractivity contribution < 1.29 is 4.79 Å². The quantitative estimate of drug-likeness (QED) is 0.847. The van der Waals surface area contributed by atoms with Gasteiger partial charge in [0, 0.05) is 19.2 Å². The zero-order valence-corrected chi connectivity index (χ0v) is 9.97. The van der Waals surface area contributed by atoms with Crippen LogP contribution >= 0.6 is 11.6 Å². The van der Waals surface area contributed by atoms with Crippen LogP contribution in [0.5, 0.6) is 0 Å². The van der Waals surface area contributed by atoms with E-state index in [1.54, 1.807) is 25.2 Å². The van der Waals surface area contributed by atoms with Gasteiger partial charge in [-0.1, -0.05) is 11.6 Å². The first kappa shape index (κ1) is 11.3. The minimum absolute atomic E-state index is 0.0915. The molecule has 1 fully saturated rings. The smallest absolute Gasteiger partial charge is 0.251 e. The van der Waals surface area contributed by atoms with E-state index in [1.807, 2.05) is 0 Å². The summed E-state index contributed by atoms with van der Waals surface area (Å²) in [6, 6.07) is 5.27. The van der Waals surface area contributed by atoms with E-state index < -0.39 is 0 Å². The number of carbonyl (C=O) groups is 1. The Labute approximate surface area is 100 Å². The molecule has 0 unspecified atom stereocenters. The van der Waals surface area contributed by atoms with Crippen molar-refractivity contribution in [1.29, 1.82) is 0 Å². The Morgan fingerprint density at radius 3 is 2.88 bits per heavy atom. The maximum atomic E-state index is 11.4. The summed E-state index contributed by atoms with van der Waals surface area (Å²) in [4.78, 5) is 11.4. The number of nitrogens with one attached hydrogen (secondary N) is 2. The van der Waals surface area contributed by atoms with Crippen LogP contribution in [0.4, 0.5) is 5.69 Å². The monoisotopic (exact) mass is 238 g/mol. The molecule has 1 aliphatic rings. The summed E-state index contributed by atoms with van der Waals surface area (Å²) < 4.78 is 0. The lowest BCUT2D eigenvalue weighted by Gasteiger charge is -2.09. The van der Waals surface area contributed by atoms with Crippen molar-refractivity contribution in [2.24, 2.45) is 5.92 Å². The van der Waals surface area contributed by atoms with E-state index in [4.69, 9.17) is 11.6 Å². The lowest BCUT2D eigenvalue weighted by Crippen LogP contribution is -2.18. The van der Waals surface area contributed by atoms with E-state index in [9.17, 15) is 4.79 Å². The summed E-state index contributed by atoms with van der Waals surface area (Å²) in [5.41, 5.74) is 1.47. The Morgan fingerprint density at radius 2 is 2.25 bits per heavy atom. The molecule has 0 saturated heterocycles. The number of amides is 1. The molecular weight excluding hydrogens is 224 g/mol. The number of hydrogen-bond donors (Lipinski definition) is 2. The van der Waals surface area contributed by atoms with Gasteiger partial charge in [0.05, 0.1) is 10.7 Å². The standard InChI is InChI=1S/C12H15ClN2O/c1-14-12(16)9-4-5-10(13)11(6-9)15-7-8-2-3-8/h4-6,8,15H,2-3,7H2,1H3,(H,14,16). The first-order valence-corrected chi connectivity index (χ1v) is 5.84. The van der Waals surface area contributed by atoms with Gasteiger partial charge in [-0.2, -0.15) is 0 Å². The highest BCUT2D eigenvalue weighted by Crippen LogP contribution is 2.30. The highest BCUT2D eigenvalue weighted by molar-refractivity contribution is 6.33. The second-order valence-corrected chi connectivity index (χ2v) is 4.51. The third-order valence-corrected chi connectivity index (χ3v) is 3.06. The second kappa shape index (κ2) is 4.74.